The van der Waals surface area contributed by atoms with E-state index in [1.165, 1.54) is 0 Å². The monoisotopic (exact) mass is 425 g/mol. The summed E-state index contributed by atoms with van der Waals surface area (Å²) in [5.41, 5.74) is 3.38. The molecule has 1 aromatic heterocycles. The Morgan fingerprint density at radius 1 is 1.10 bits per heavy atom. The van der Waals surface area contributed by atoms with Gasteiger partial charge in [0.05, 0.1) is 13.2 Å². The number of ether oxygens (including phenoxy) is 3. The van der Waals surface area contributed by atoms with Crippen molar-refractivity contribution in [2.45, 2.75) is 27.4 Å². The van der Waals surface area contributed by atoms with E-state index < -0.39 is 18.5 Å². The lowest BCUT2D eigenvalue weighted by atomic mass is 10.1. The van der Waals surface area contributed by atoms with Crippen molar-refractivity contribution in [3.63, 3.8) is 0 Å². The number of para-hydroxylation sites is 1. The van der Waals surface area contributed by atoms with Crippen molar-refractivity contribution in [1.82, 2.24) is 5.32 Å². The minimum atomic E-state index is -0.701. The number of fused-ring (bicyclic) bond motifs is 1. The van der Waals surface area contributed by atoms with Crippen LogP contribution in [0.5, 0.6) is 5.75 Å². The molecular formula is C24H27NO6. The number of carbonyl (C=O) groups excluding carboxylic acids is 2. The molecule has 3 aromatic rings. The maximum absolute atomic E-state index is 12.5. The molecule has 1 N–H and O–H groups in total. The molecule has 0 spiro atoms. The van der Waals surface area contributed by atoms with Crippen LogP contribution in [0.25, 0.3) is 11.0 Å². The second-order valence-electron chi connectivity index (χ2n) is 7.09. The number of hydrogen-bond donors (Lipinski definition) is 1. The third-order valence-electron chi connectivity index (χ3n) is 4.68. The molecule has 0 aliphatic carbocycles. The number of esters is 1. The molecule has 0 unspecified atom stereocenters. The number of hydrogen-bond acceptors (Lipinski definition) is 6. The van der Waals surface area contributed by atoms with Gasteiger partial charge in [-0.3, -0.25) is 4.79 Å². The van der Waals surface area contributed by atoms with Crippen molar-refractivity contribution >= 4 is 22.8 Å². The fourth-order valence-electron chi connectivity index (χ4n) is 3.17. The zero-order chi connectivity index (χ0) is 22.2. The highest BCUT2D eigenvalue weighted by Gasteiger charge is 2.22. The van der Waals surface area contributed by atoms with Crippen molar-refractivity contribution in [2.24, 2.45) is 0 Å². The van der Waals surface area contributed by atoms with E-state index in [0.717, 1.165) is 22.3 Å². The largest absolute Gasteiger partial charge is 0.491 e. The van der Waals surface area contributed by atoms with Gasteiger partial charge in [-0.25, -0.2) is 4.79 Å². The van der Waals surface area contributed by atoms with Crippen LogP contribution in [0, 0.1) is 13.8 Å². The van der Waals surface area contributed by atoms with Gasteiger partial charge in [-0.2, -0.15) is 0 Å². The normalized spacial score (nSPS) is 10.8. The highest BCUT2D eigenvalue weighted by atomic mass is 16.5. The zero-order valence-electron chi connectivity index (χ0n) is 18.0. The molecule has 7 heteroatoms. The van der Waals surface area contributed by atoms with Gasteiger partial charge in [-0.05, 0) is 38.5 Å². The molecule has 0 radical (unpaired) electrons. The van der Waals surface area contributed by atoms with Gasteiger partial charge in [0.25, 0.3) is 5.91 Å². The molecule has 0 fully saturated rings. The Balaban J connectivity index is 1.49. The zero-order valence-corrected chi connectivity index (χ0v) is 18.0. The highest BCUT2D eigenvalue weighted by molar-refractivity contribution is 5.96. The number of furan rings is 1. The predicted molar refractivity (Wildman–Crippen MR) is 116 cm³/mol. The third kappa shape index (κ3) is 5.86. The summed E-state index contributed by atoms with van der Waals surface area (Å²) in [5.74, 6) is -0.286. The van der Waals surface area contributed by atoms with Crippen molar-refractivity contribution in [3.05, 3.63) is 64.9 Å². The van der Waals surface area contributed by atoms with Gasteiger partial charge in [0.15, 0.2) is 6.61 Å². The highest BCUT2D eigenvalue weighted by Crippen LogP contribution is 2.27. The van der Waals surface area contributed by atoms with E-state index >= 15 is 0 Å². The number of aryl methyl sites for hydroxylation is 2. The Labute approximate surface area is 181 Å². The average molecular weight is 425 g/mol. The van der Waals surface area contributed by atoms with E-state index in [-0.39, 0.29) is 12.4 Å². The summed E-state index contributed by atoms with van der Waals surface area (Å²) in [6.07, 6.45) is 0. The lowest BCUT2D eigenvalue weighted by Crippen LogP contribution is -2.32. The second-order valence-corrected chi connectivity index (χ2v) is 7.09. The maximum atomic E-state index is 12.5. The maximum Gasteiger partial charge on any atom is 0.375 e. The van der Waals surface area contributed by atoms with Crippen molar-refractivity contribution in [3.8, 4) is 5.75 Å². The third-order valence-corrected chi connectivity index (χ3v) is 4.68. The minimum Gasteiger partial charge on any atom is -0.491 e. The summed E-state index contributed by atoms with van der Waals surface area (Å²) >= 11 is 0. The standard InChI is InChI=1S/C24H27NO6/c1-4-28-14-19-18-7-5-6-8-21(18)31-23(19)24(27)30-15-22(26)25-11-12-29-20-10-9-16(2)13-17(20)3/h5-10,13H,4,11-12,14-15H2,1-3H3,(H,25,26). The van der Waals surface area contributed by atoms with Crippen molar-refractivity contribution in [1.29, 1.82) is 0 Å². The van der Waals surface area contributed by atoms with Crippen molar-refractivity contribution in [2.75, 3.05) is 26.4 Å². The summed E-state index contributed by atoms with van der Waals surface area (Å²) < 4.78 is 21.9. The number of rotatable bonds is 10. The Morgan fingerprint density at radius 2 is 1.90 bits per heavy atom. The van der Waals surface area contributed by atoms with E-state index in [1.54, 1.807) is 6.07 Å². The van der Waals surface area contributed by atoms with E-state index in [2.05, 4.69) is 5.32 Å². The summed E-state index contributed by atoms with van der Waals surface area (Å²) in [6, 6.07) is 13.2. The number of carbonyl (C=O) groups is 2. The van der Waals surface area contributed by atoms with Crippen LogP contribution in [0.3, 0.4) is 0 Å². The lowest BCUT2D eigenvalue weighted by molar-refractivity contribution is -0.124. The van der Waals surface area contributed by atoms with E-state index in [9.17, 15) is 9.59 Å². The summed E-state index contributed by atoms with van der Waals surface area (Å²) in [4.78, 5) is 24.5. The summed E-state index contributed by atoms with van der Waals surface area (Å²) in [5, 5.41) is 3.46. The molecule has 164 valence electrons. The molecule has 0 saturated heterocycles. The Kier molecular flexibility index (Phi) is 7.67. The average Bonchev–Trinajstić information content (AvgIpc) is 3.13. The minimum absolute atomic E-state index is 0.0561. The van der Waals surface area contributed by atoms with E-state index in [1.807, 2.05) is 57.2 Å². The van der Waals surface area contributed by atoms with E-state index in [4.69, 9.17) is 18.6 Å². The quantitative estimate of drug-likeness (QED) is 0.391. The fourth-order valence-corrected chi connectivity index (χ4v) is 3.17. The smallest absolute Gasteiger partial charge is 0.375 e. The van der Waals surface area contributed by atoms with Gasteiger partial charge < -0.3 is 23.9 Å². The van der Waals surface area contributed by atoms with E-state index in [0.29, 0.717) is 30.9 Å². The molecular weight excluding hydrogens is 398 g/mol. The first-order valence-electron chi connectivity index (χ1n) is 10.2. The molecule has 0 bridgehead atoms. The van der Waals surface area contributed by atoms with Crippen LogP contribution in [0.2, 0.25) is 0 Å². The molecule has 0 atom stereocenters. The van der Waals surface area contributed by atoms with Gasteiger partial charge in [0.1, 0.15) is 17.9 Å². The van der Waals surface area contributed by atoms with Gasteiger partial charge in [0.2, 0.25) is 5.76 Å². The first kappa shape index (κ1) is 22.4. The fraction of sp³-hybridized carbons (Fsp3) is 0.333. The van der Waals surface area contributed by atoms with Crippen LogP contribution in [0.4, 0.5) is 0 Å². The van der Waals surface area contributed by atoms with Crippen molar-refractivity contribution < 1.29 is 28.2 Å². The molecule has 0 aliphatic heterocycles. The van der Waals surface area contributed by atoms with Crippen LogP contribution < -0.4 is 10.1 Å². The van der Waals surface area contributed by atoms with Crippen LogP contribution in [0.1, 0.15) is 34.2 Å². The Morgan fingerprint density at radius 3 is 2.68 bits per heavy atom. The summed E-state index contributed by atoms with van der Waals surface area (Å²) in [6.45, 7) is 6.78. The SMILES string of the molecule is CCOCc1c(C(=O)OCC(=O)NCCOc2ccc(C)cc2C)oc2ccccc12. The lowest BCUT2D eigenvalue weighted by Gasteiger charge is -2.10. The molecule has 1 amide bonds. The molecule has 31 heavy (non-hydrogen) atoms. The first-order valence-corrected chi connectivity index (χ1v) is 10.2. The molecule has 0 saturated carbocycles. The van der Waals surface area contributed by atoms with Gasteiger partial charge in [-0.1, -0.05) is 35.9 Å². The van der Waals surface area contributed by atoms with Crippen LogP contribution >= 0.6 is 0 Å². The number of amides is 1. The topological polar surface area (TPSA) is 87.0 Å². The second kappa shape index (κ2) is 10.6. The predicted octanol–water partition coefficient (Wildman–Crippen LogP) is 3.94. The number of benzene rings is 2. The van der Waals surface area contributed by atoms with Gasteiger partial charge in [-0.15, -0.1) is 0 Å². The Bertz CT molecular complexity index is 1060. The molecule has 0 aliphatic rings. The van der Waals surface area contributed by atoms with Gasteiger partial charge >= 0.3 is 5.97 Å². The van der Waals surface area contributed by atoms with Crippen LogP contribution in [0.15, 0.2) is 46.9 Å². The van der Waals surface area contributed by atoms with Crippen LogP contribution in [-0.4, -0.2) is 38.2 Å². The molecule has 2 aromatic carbocycles. The molecule has 1 heterocycles. The molecule has 7 nitrogen and oxygen atoms in total. The number of nitrogens with one attached hydrogen (secondary N) is 1. The Hall–Kier alpha value is -3.32. The summed E-state index contributed by atoms with van der Waals surface area (Å²) in [7, 11) is 0. The molecule has 3 rings (SSSR count). The van der Waals surface area contributed by atoms with Gasteiger partial charge in [0, 0.05) is 17.6 Å². The van der Waals surface area contributed by atoms with Crippen LogP contribution in [-0.2, 0) is 20.9 Å². The first-order chi connectivity index (χ1) is 15.0.